The largest absolute Gasteiger partial charge is 0.481 e. The van der Waals surface area contributed by atoms with E-state index in [4.69, 9.17) is 28.3 Å². The molecule has 0 fully saturated rings. The molecule has 0 amide bonds. The van der Waals surface area contributed by atoms with E-state index < -0.39 is 24.5 Å². The molecule has 1 N–H and O–H groups in total. The average molecular weight is 270 g/mol. The van der Waals surface area contributed by atoms with E-state index in [1.165, 1.54) is 6.07 Å². The van der Waals surface area contributed by atoms with Gasteiger partial charge in [0.2, 0.25) is 0 Å². The van der Waals surface area contributed by atoms with E-state index in [0.29, 0.717) is 5.56 Å². The number of aliphatic carboxylic acids is 1. The average Bonchev–Trinajstić information content (AvgIpc) is 2.19. The summed E-state index contributed by atoms with van der Waals surface area (Å²) in [6, 6.07) is 1.25. The standard InChI is InChI=1S/C9H7Cl2F2NO2/c10-3-5-1-4(2-6(15)16)7(9(12)13)14-8(5)11/h1,9H,2-3H2,(H,15,16). The van der Waals surface area contributed by atoms with Crippen LogP contribution in [0.4, 0.5) is 8.78 Å². The normalized spacial score (nSPS) is 10.8. The molecular formula is C9H7Cl2F2NO2. The molecule has 0 aromatic carbocycles. The lowest BCUT2D eigenvalue weighted by molar-refractivity contribution is -0.136. The minimum atomic E-state index is -2.86. The Morgan fingerprint density at radius 3 is 2.56 bits per heavy atom. The van der Waals surface area contributed by atoms with Gasteiger partial charge in [0, 0.05) is 5.56 Å². The number of carboxylic acid groups (broad SMARTS) is 1. The molecule has 0 unspecified atom stereocenters. The molecule has 0 bridgehead atoms. The Bertz CT molecular complexity index is 413. The third-order valence-corrected chi connectivity index (χ3v) is 2.47. The van der Waals surface area contributed by atoms with Crippen molar-refractivity contribution < 1.29 is 18.7 Å². The number of carboxylic acids is 1. The van der Waals surface area contributed by atoms with Gasteiger partial charge in [-0.15, -0.1) is 11.6 Å². The molecule has 16 heavy (non-hydrogen) atoms. The van der Waals surface area contributed by atoms with Crippen molar-refractivity contribution in [2.45, 2.75) is 18.7 Å². The Morgan fingerprint density at radius 2 is 2.12 bits per heavy atom. The zero-order valence-corrected chi connectivity index (χ0v) is 9.40. The van der Waals surface area contributed by atoms with E-state index in [9.17, 15) is 13.6 Å². The zero-order chi connectivity index (χ0) is 12.3. The summed E-state index contributed by atoms with van der Waals surface area (Å²) in [5.74, 6) is -1.23. The highest BCUT2D eigenvalue weighted by atomic mass is 35.5. The first-order chi connectivity index (χ1) is 7.45. The van der Waals surface area contributed by atoms with E-state index in [1.54, 1.807) is 0 Å². The molecular weight excluding hydrogens is 263 g/mol. The molecule has 7 heteroatoms. The van der Waals surface area contributed by atoms with Crippen LogP contribution in [-0.4, -0.2) is 16.1 Å². The Labute approximate surface area is 100 Å². The van der Waals surface area contributed by atoms with Crippen LogP contribution < -0.4 is 0 Å². The lowest BCUT2D eigenvalue weighted by atomic mass is 10.1. The van der Waals surface area contributed by atoms with Crippen LogP contribution in [0.5, 0.6) is 0 Å². The van der Waals surface area contributed by atoms with Gasteiger partial charge >= 0.3 is 5.97 Å². The number of rotatable bonds is 4. The van der Waals surface area contributed by atoms with E-state index >= 15 is 0 Å². The van der Waals surface area contributed by atoms with Gasteiger partial charge in [-0.3, -0.25) is 4.79 Å². The quantitative estimate of drug-likeness (QED) is 0.675. The third-order valence-electron chi connectivity index (χ3n) is 1.85. The molecule has 1 rings (SSSR count). The lowest BCUT2D eigenvalue weighted by Crippen LogP contribution is -2.07. The molecule has 0 atom stereocenters. The molecule has 1 aromatic heterocycles. The SMILES string of the molecule is O=C(O)Cc1cc(CCl)c(Cl)nc1C(F)F. The molecule has 0 saturated heterocycles. The van der Waals surface area contributed by atoms with Crippen molar-refractivity contribution in [3.05, 3.63) is 28.0 Å². The summed E-state index contributed by atoms with van der Waals surface area (Å²) >= 11 is 11.1. The van der Waals surface area contributed by atoms with Crippen molar-refractivity contribution in [1.29, 1.82) is 0 Å². The van der Waals surface area contributed by atoms with Crippen LogP contribution in [0.15, 0.2) is 6.07 Å². The van der Waals surface area contributed by atoms with E-state index in [1.807, 2.05) is 0 Å². The van der Waals surface area contributed by atoms with Gasteiger partial charge in [0.25, 0.3) is 6.43 Å². The van der Waals surface area contributed by atoms with Crippen LogP contribution in [0.25, 0.3) is 0 Å². The van der Waals surface area contributed by atoms with Crippen LogP contribution in [-0.2, 0) is 17.1 Å². The van der Waals surface area contributed by atoms with Gasteiger partial charge in [0.1, 0.15) is 10.8 Å². The smallest absolute Gasteiger partial charge is 0.307 e. The predicted octanol–water partition coefficient (Wildman–Crippen LogP) is 3.04. The second-order valence-corrected chi connectivity index (χ2v) is 3.61. The van der Waals surface area contributed by atoms with Crippen molar-refractivity contribution in [2.24, 2.45) is 0 Å². The second kappa shape index (κ2) is 5.41. The van der Waals surface area contributed by atoms with Crippen LogP contribution in [0.1, 0.15) is 23.2 Å². The third kappa shape index (κ3) is 3.02. The van der Waals surface area contributed by atoms with Gasteiger partial charge in [-0.25, -0.2) is 13.8 Å². The van der Waals surface area contributed by atoms with E-state index in [0.717, 1.165) is 0 Å². The molecule has 0 spiro atoms. The first-order valence-corrected chi connectivity index (χ1v) is 5.11. The van der Waals surface area contributed by atoms with E-state index in [2.05, 4.69) is 4.98 Å². The van der Waals surface area contributed by atoms with Gasteiger partial charge < -0.3 is 5.11 Å². The highest BCUT2D eigenvalue weighted by Gasteiger charge is 2.19. The van der Waals surface area contributed by atoms with Crippen LogP contribution >= 0.6 is 23.2 Å². The Hall–Kier alpha value is -0.940. The predicted molar refractivity (Wildman–Crippen MR) is 55.1 cm³/mol. The fourth-order valence-electron chi connectivity index (χ4n) is 1.18. The molecule has 88 valence electrons. The number of hydrogen-bond donors (Lipinski definition) is 1. The number of carbonyl (C=O) groups is 1. The number of hydrogen-bond acceptors (Lipinski definition) is 2. The summed E-state index contributed by atoms with van der Waals surface area (Å²) in [5, 5.41) is 8.44. The van der Waals surface area contributed by atoms with E-state index in [-0.39, 0.29) is 16.6 Å². The van der Waals surface area contributed by atoms with Crippen LogP contribution in [0.3, 0.4) is 0 Å². The second-order valence-electron chi connectivity index (χ2n) is 2.99. The monoisotopic (exact) mass is 269 g/mol. The summed E-state index contributed by atoms with van der Waals surface area (Å²) < 4.78 is 25.1. The fourth-order valence-corrected chi connectivity index (χ4v) is 1.66. The first kappa shape index (κ1) is 13.1. The number of alkyl halides is 3. The van der Waals surface area contributed by atoms with Crippen LogP contribution in [0, 0.1) is 0 Å². The summed E-state index contributed by atoms with van der Waals surface area (Å²) in [7, 11) is 0. The highest BCUT2D eigenvalue weighted by Crippen LogP contribution is 2.26. The van der Waals surface area contributed by atoms with Gasteiger partial charge in [0.15, 0.2) is 0 Å². The summed E-state index contributed by atoms with van der Waals surface area (Å²) in [4.78, 5) is 14.0. The number of halogens is 4. The lowest BCUT2D eigenvalue weighted by Gasteiger charge is -2.09. The maximum atomic E-state index is 12.5. The Kier molecular flexibility index (Phi) is 4.44. The number of aromatic nitrogens is 1. The molecule has 0 aliphatic rings. The first-order valence-electron chi connectivity index (χ1n) is 4.19. The summed E-state index contributed by atoms with van der Waals surface area (Å²) in [5.41, 5.74) is -0.340. The molecule has 1 aromatic rings. The Balaban J connectivity index is 3.24. The molecule has 3 nitrogen and oxygen atoms in total. The fraction of sp³-hybridized carbons (Fsp3) is 0.333. The highest BCUT2D eigenvalue weighted by molar-refractivity contribution is 6.31. The minimum absolute atomic E-state index is 0.0119. The summed E-state index contributed by atoms with van der Waals surface area (Å²) in [6.45, 7) is 0. The Morgan fingerprint density at radius 1 is 1.50 bits per heavy atom. The topological polar surface area (TPSA) is 50.2 Å². The maximum Gasteiger partial charge on any atom is 0.307 e. The van der Waals surface area contributed by atoms with Gasteiger partial charge in [-0.05, 0) is 11.6 Å². The van der Waals surface area contributed by atoms with Crippen molar-refractivity contribution in [3.63, 3.8) is 0 Å². The van der Waals surface area contributed by atoms with Crippen molar-refractivity contribution >= 4 is 29.2 Å². The number of nitrogens with zero attached hydrogens (tertiary/aromatic N) is 1. The number of pyridine rings is 1. The van der Waals surface area contributed by atoms with Crippen LogP contribution in [0.2, 0.25) is 5.15 Å². The molecule has 1 heterocycles. The van der Waals surface area contributed by atoms with Crippen molar-refractivity contribution in [1.82, 2.24) is 4.98 Å². The van der Waals surface area contributed by atoms with Crippen molar-refractivity contribution in [2.75, 3.05) is 0 Å². The summed E-state index contributed by atoms with van der Waals surface area (Å²) in [6.07, 6.45) is -3.40. The maximum absolute atomic E-state index is 12.5. The molecule has 0 aliphatic carbocycles. The van der Waals surface area contributed by atoms with Crippen molar-refractivity contribution in [3.8, 4) is 0 Å². The van der Waals surface area contributed by atoms with Gasteiger partial charge in [-0.1, -0.05) is 11.6 Å². The molecule has 0 radical (unpaired) electrons. The molecule has 0 saturated carbocycles. The zero-order valence-electron chi connectivity index (χ0n) is 7.88. The van der Waals surface area contributed by atoms with Gasteiger partial charge in [-0.2, -0.15) is 0 Å². The minimum Gasteiger partial charge on any atom is -0.481 e. The van der Waals surface area contributed by atoms with Gasteiger partial charge in [0.05, 0.1) is 12.3 Å². The molecule has 0 aliphatic heterocycles.